The van der Waals surface area contributed by atoms with Crippen LogP contribution in [0.1, 0.15) is 65.2 Å². The minimum atomic E-state index is -0.420. The molecule has 0 spiro atoms. The molecule has 4 atom stereocenters. The molecule has 0 radical (unpaired) electrons. The first-order valence-corrected chi connectivity index (χ1v) is 10.5. The summed E-state index contributed by atoms with van der Waals surface area (Å²) in [4.78, 5) is 28.1. The highest BCUT2D eigenvalue weighted by atomic mass is 16.5. The highest BCUT2D eigenvalue weighted by molar-refractivity contribution is 5.85. The van der Waals surface area contributed by atoms with Crippen molar-refractivity contribution in [1.82, 2.24) is 4.90 Å². The summed E-state index contributed by atoms with van der Waals surface area (Å²) in [5.41, 5.74) is 0. The Hall–Kier alpha value is -1.36. The molecule has 0 N–H and O–H groups in total. The molecule has 2 aliphatic heterocycles. The number of rotatable bonds is 9. The van der Waals surface area contributed by atoms with Gasteiger partial charge in [0.1, 0.15) is 0 Å². The molecule has 5 heteroatoms. The van der Waals surface area contributed by atoms with E-state index in [0.29, 0.717) is 19.3 Å². The minimum absolute atomic E-state index is 0.0130. The van der Waals surface area contributed by atoms with E-state index in [-0.39, 0.29) is 24.0 Å². The zero-order chi connectivity index (χ0) is 18.5. The average molecular weight is 363 g/mol. The van der Waals surface area contributed by atoms with Crippen LogP contribution < -0.4 is 0 Å². The van der Waals surface area contributed by atoms with Gasteiger partial charge < -0.3 is 9.47 Å². The summed E-state index contributed by atoms with van der Waals surface area (Å²) in [6, 6.07) is 0.446. The van der Waals surface area contributed by atoms with Gasteiger partial charge >= 0.3 is 11.9 Å². The quantitative estimate of drug-likeness (QED) is 0.357. The van der Waals surface area contributed by atoms with Crippen LogP contribution in [0.4, 0.5) is 0 Å². The molecule has 2 heterocycles. The minimum Gasteiger partial charge on any atom is -0.465 e. The fourth-order valence-corrected chi connectivity index (χ4v) is 4.75. The molecule has 0 aromatic heterocycles. The highest BCUT2D eigenvalue weighted by Crippen LogP contribution is 2.46. The van der Waals surface area contributed by atoms with E-state index >= 15 is 0 Å². The highest BCUT2D eigenvalue weighted by Gasteiger charge is 2.59. The largest absolute Gasteiger partial charge is 0.465 e. The third-order valence-corrected chi connectivity index (χ3v) is 6.09. The zero-order valence-corrected chi connectivity index (χ0v) is 16.2. The van der Waals surface area contributed by atoms with Gasteiger partial charge in [-0.1, -0.05) is 51.7 Å². The Balaban J connectivity index is 1.75. The average Bonchev–Trinajstić information content (AvgIpc) is 3.35. The molecule has 146 valence electrons. The lowest BCUT2D eigenvalue weighted by atomic mass is 9.83. The van der Waals surface area contributed by atoms with Crippen molar-refractivity contribution in [1.29, 1.82) is 0 Å². The molecule has 0 aromatic rings. The SMILES string of the molecule is CCCCOC(=O)C1C(C(=O)OCCCC)C2C=CC1N2C1CCCC1. The molecule has 0 amide bonds. The molecular weight excluding hydrogens is 330 g/mol. The zero-order valence-electron chi connectivity index (χ0n) is 16.2. The molecule has 0 aromatic carbocycles. The van der Waals surface area contributed by atoms with E-state index in [0.717, 1.165) is 38.5 Å². The number of carbonyl (C=O) groups excluding carboxylic acids is 2. The molecule has 2 bridgehead atoms. The number of esters is 2. The van der Waals surface area contributed by atoms with Crippen LogP contribution in [-0.2, 0) is 19.1 Å². The van der Waals surface area contributed by atoms with Crippen molar-refractivity contribution in [3.63, 3.8) is 0 Å². The Morgan fingerprint density at radius 1 is 0.885 bits per heavy atom. The monoisotopic (exact) mass is 363 g/mol. The van der Waals surface area contributed by atoms with Crippen LogP contribution in [0.25, 0.3) is 0 Å². The van der Waals surface area contributed by atoms with Crippen molar-refractivity contribution < 1.29 is 19.1 Å². The Kier molecular flexibility index (Phi) is 6.74. The van der Waals surface area contributed by atoms with Gasteiger partial charge in [0.25, 0.3) is 0 Å². The molecule has 1 aliphatic carbocycles. The van der Waals surface area contributed by atoms with Gasteiger partial charge in [-0.2, -0.15) is 0 Å². The van der Waals surface area contributed by atoms with E-state index in [2.05, 4.69) is 30.9 Å². The molecule has 2 fully saturated rings. The van der Waals surface area contributed by atoms with Crippen molar-refractivity contribution in [2.75, 3.05) is 13.2 Å². The summed E-state index contributed by atoms with van der Waals surface area (Å²) < 4.78 is 11.1. The van der Waals surface area contributed by atoms with Crippen LogP contribution in [0.15, 0.2) is 12.2 Å². The third kappa shape index (κ3) is 3.83. The molecule has 4 unspecified atom stereocenters. The van der Waals surface area contributed by atoms with E-state index < -0.39 is 11.8 Å². The molecule has 26 heavy (non-hydrogen) atoms. The van der Waals surface area contributed by atoms with Crippen molar-refractivity contribution in [2.45, 2.75) is 83.3 Å². The second kappa shape index (κ2) is 9.03. The number of nitrogens with zero attached hydrogens (tertiary/aromatic N) is 1. The molecule has 3 rings (SSSR count). The predicted octanol–water partition coefficient (Wildman–Crippen LogP) is 3.47. The topological polar surface area (TPSA) is 55.8 Å². The van der Waals surface area contributed by atoms with Gasteiger partial charge in [-0.3, -0.25) is 14.5 Å². The van der Waals surface area contributed by atoms with Crippen LogP contribution in [-0.4, -0.2) is 48.2 Å². The summed E-state index contributed by atoms with van der Waals surface area (Å²) in [6.07, 6.45) is 12.7. The van der Waals surface area contributed by atoms with Gasteiger partial charge in [0.05, 0.1) is 25.0 Å². The maximum Gasteiger partial charge on any atom is 0.311 e. The second-order valence-corrected chi connectivity index (χ2v) is 7.85. The van der Waals surface area contributed by atoms with Crippen molar-refractivity contribution in [3.05, 3.63) is 12.2 Å². The van der Waals surface area contributed by atoms with Crippen LogP contribution >= 0.6 is 0 Å². The number of carbonyl (C=O) groups is 2. The molecular formula is C21H33NO4. The van der Waals surface area contributed by atoms with Crippen LogP contribution in [0, 0.1) is 11.8 Å². The second-order valence-electron chi connectivity index (χ2n) is 7.85. The van der Waals surface area contributed by atoms with Crippen LogP contribution in [0.5, 0.6) is 0 Å². The summed E-state index contributed by atoms with van der Waals surface area (Å²) in [5.74, 6) is -1.29. The Bertz CT molecular complexity index is 488. The van der Waals surface area contributed by atoms with E-state index in [9.17, 15) is 9.59 Å². The third-order valence-electron chi connectivity index (χ3n) is 6.09. The molecule has 1 saturated carbocycles. The van der Waals surface area contributed by atoms with Gasteiger partial charge in [-0.05, 0) is 25.7 Å². The number of fused-ring (bicyclic) bond motifs is 2. The van der Waals surface area contributed by atoms with Crippen molar-refractivity contribution >= 4 is 11.9 Å². The van der Waals surface area contributed by atoms with Gasteiger partial charge in [0, 0.05) is 18.1 Å². The van der Waals surface area contributed by atoms with Crippen LogP contribution in [0.3, 0.4) is 0 Å². The van der Waals surface area contributed by atoms with E-state index in [1.54, 1.807) is 0 Å². The van der Waals surface area contributed by atoms with Crippen molar-refractivity contribution in [3.8, 4) is 0 Å². The predicted molar refractivity (Wildman–Crippen MR) is 99.5 cm³/mol. The molecule has 1 saturated heterocycles. The van der Waals surface area contributed by atoms with E-state index in [1.165, 1.54) is 12.8 Å². The first-order chi connectivity index (χ1) is 12.7. The van der Waals surface area contributed by atoms with Crippen molar-refractivity contribution in [2.24, 2.45) is 11.8 Å². The maximum absolute atomic E-state index is 12.8. The first kappa shape index (κ1) is 19.4. The van der Waals surface area contributed by atoms with Gasteiger partial charge in [-0.15, -0.1) is 0 Å². The molecule has 3 aliphatic rings. The fourth-order valence-electron chi connectivity index (χ4n) is 4.75. The molecule has 5 nitrogen and oxygen atoms in total. The first-order valence-electron chi connectivity index (χ1n) is 10.5. The Morgan fingerprint density at radius 2 is 1.35 bits per heavy atom. The summed E-state index contributed by atoms with van der Waals surface area (Å²) in [5, 5.41) is 0. The summed E-state index contributed by atoms with van der Waals surface area (Å²) in [6.45, 7) is 5.02. The van der Waals surface area contributed by atoms with Gasteiger partial charge in [-0.25, -0.2) is 0 Å². The number of hydrogen-bond acceptors (Lipinski definition) is 5. The lowest BCUT2D eigenvalue weighted by Gasteiger charge is -2.29. The van der Waals surface area contributed by atoms with E-state index in [1.807, 2.05) is 0 Å². The lowest BCUT2D eigenvalue weighted by molar-refractivity contribution is -0.160. The number of ether oxygens (including phenoxy) is 2. The fraction of sp³-hybridized carbons (Fsp3) is 0.810. The van der Waals surface area contributed by atoms with Gasteiger partial charge in [0.2, 0.25) is 0 Å². The number of hydrogen-bond donors (Lipinski definition) is 0. The maximum atomic E-state index is 12.8. The smallest absolute Gasteiger partial charge is 0.311 e. The normalized spacial score (nSPS) is 30.8. The van der Waals surface area contributed by atoms with Crippen LogP contribution in [0.2, 0.25) is 0 Å². The summed E-state index contributed by atoms with van der Waals surface area (Å²) >= 11 is 0. The summed E-state index contributed by atoms with van der Waals surface area (Å²) in [7, 11) is 0. The Labute approximate surface area is 157 Å². The number of unbranched alkanes of at least 4 members (excludes halogenated alkanes) is 2. The Morgan fingerprint density at radius 3 is 1.77 bits per heavy atom. The lowest BCUT2D eigenvalue weighted by Crippen LogP contribution is -2.40. The van der Waals surface area contributed by atoms with Gasteiger partial charge in [0.15, 0.2) is 0 Å². The van der Waals surface area contributed by atoms with E-state index in [4.69, 9.17) is 9.47 Å². The standard InChI is InChI=1S/C21H33NO4/c1-3-5-13-25-20(23)18-16-11-12-17(22(16)15-9-7-8-10-15)19(18)21(24)26-14-6-4-2/h11-12,15-19H,3-10,13-14H2,1-2H3.